The number of hydrogen-bond donors (Lipinski definition) is 1. The van der Waals surface area contributed by atoms with E-state index >= 15 is 0 Å². The molecule has 0 aliphatic heterocycles. The van der Waals surface area contributed by atoms with Crippen LogP contribution in [0, 0.1) is 6.92 Å². The van der Waals surface area contributed by atoms with E-state index in [-0.39, 0.29) is 6.03 Å². The van der Waals surface area contributed by atoms with Gasteiger partial charge in [0.2, 0.25) is 0 Å². The number of anilines is 1. The van der Waals surface area contributed by atoms with Crippen molar-refractivity contribution in [3.8, 4) is 11.5 Å². The van der Waals surface area contributed by atoms with Gasteiger partial charge in [0, 0.05) is 18.8 Å². The number of carbonyl (C=O) groups excluding carboxylic acids is 1. The number of hydrogen-bond acceptors (Lipinski definition) is 2. The van der Waals surface area contributed by atoms with Gasteiger partial charge in [-0.3, -0.25) is 0 Å². The molecule has 0 saturated carbocycles. The summed E-state index contributed by atoms with van der Waals surface area (Å²) in [4.78, 5) is 13.7. The smallest absolute Gasteiger partial charge is 0.321 e. The lowest BCUT2D eigenvalue weighted by molar-refractivity contribution is 0.217. The summed E-state index contributed by atoms with van der Waals surface area (Å²) in [6, 6.07) is 15.2. The number of ether oxygens (including phenoxy) is 1. The van der Waals surface area contributed by atoms with Gasteiger partial charge in [-0.2, -0.15) is 0 Å². The monoisotopic (exact) mass is 298 g/mol. The maximum absolute atomic E-state index is 12.0. The molecule has 0 heterocycles. The second kappa shape index (κ2) is 7.50. The number of nitrogens with zero attached hydrogens (tertiary/aromatic N) is 1. The van der Waals surface area contributed by atoms with E-state index < -0.39 is 0 Å². The van der Waals surface area contributed by atoms with E-state index in [2.05, 4.69) is 5.32 Å². The van der Waals surface area contributed by atoms with Crippen LogP contribution in [0.1, 0.15) is 19.4 Å². The summed E-state index contributed by atoms with van der Waals surface area (Å²) in [7, 11) is 0. The Bertz CT molecular complexity index is 619. The predicted octanol–water partition coefficient (Wildman–Crippen LogP) is 4.66. The summed E-state index contributed by atoms with van der Waals surface area (Å²) in [5, 5.41) is 2.88. The molecule has 0 radical (unpaired) electrons. The molecule has 4 heteroatoms. The highest BCUT2D eigenvalue weighted by atomic mass is 16.5. The van der Waals surface area contributed by atoms with Gasteiger partial charge in [0.05, 0.1) is 0 Å². The van der Waals surface area contributed by atoms with Crippen molar-refractivity contribution >= 4 is 11.7 Å². The Kier molecular flexibility index (Phi) is 5.42. The zero-order chi connectivity index (χ0) is 15.9. The maximum Gasteiger partial charge on any atom is 0.321 e. The third kappa shape index (κ3) is 4.25. The van der Waals surface area contributed by atoms with Gasteiger partial charge >= 0.3 is 6.03 Å². The lowest BCUT2D eigenvalue weighted by Crippen LogP contribution is -2.34. The molecule has 4 nitrogen and oxygen atoms in total. The topological polar surface area (TPSA) is 41.6 Å². The summed E-state index contributed by atoms with van der Waals surface area (Å²) in [5.74, 6) is 1.55. The minimum atomic E-state index is -0.0858. The van der Waals surface area contributed by atoms with Crippen LogP contribution < -0.4 is 10.1 Å². The van der Waals surface area contributed by atoms with Crippen LogP contribution in [0.4, 0.5) is 10.5 Å². The highest BCUT2D eigenvalue weighted by molar-refractivity contribution is 5.89. The molecule has 2 rings (SSSR count). The van der Waals surface area contributed by atoms with Gasteiger partial charge in [0.1, 0.15) is 11.5 Å². The number of urea groups is 1. The quantitative estimate of drug-likeness (QED) is 0.872. The second-order valence-corrected chi connectivity index (χ2v) is 5.05. The molecular weight excluding hydrogens is 276 g/mol. The Morgan fingerprint density at radius 3 is 2.32 bits per heavy atom. The fourth-order valence-corrected chi connectivity index (χ4v) is 2.13. The lowest BCUT2D eigenvalue weighted by Gasteiger charge is -2.19. The third-order valence-electron chi connectivity index (χ3n) is 3.38. The Balaban J connectivity index is 2.00. The Hall–Kier alpha value is -2.49. The van der Waals surface area contributed by atoms with E-state index in [1.54, 1.807) is 4.90 Å². The van der Waals surface area contributed by atoms with Crippen molar-refractivity contribution in [3.63, 3.8) is 0 Å². The number of rotatable bonds is 5. The molecule has 116 valence electrons. The van der Waals surface area contributed by atoms with Crippen molar-refractivity contribution in [2.24, 2.45) is 0 Å². The largest absolute Gasteiger partial charge is 0.457 e. The fraction of sp³-hybridized carbons (Fsp3) is 0.278. The molecule has 0 spiro atoms. The first kappa shape index (κ1) is 15.9. The molecule has 0 saturated heterocycles. The van der Waals surface area contributed by atoms with Gasteiger partial charge in [-0.05, 0) is 62.7 Å². The number of nitrogens with one attached hydrogen (secondary N) is 1. The van der Waals surface area contributed by atoms with E-state index in [1.165, 1.54) is 0 Å². The fourth-order valence-electron chi connectivity index (χ4n) is 2.13. The molecule has 22 heavy (non-hydrogen) atoms. The van der Waals surface area contributed by atoms with Gasteiger partial charge in [-0.15, -0.1) is 0 Å². The number of benzene rings is 2. The van der Waals surface area contributed by atoms with Crippen LogP contribution >= 0.6 is 0 Å². The van der Waals surface area contributed by atoms with Crippen LogP contribution in [0.2, 0.25) is 0 Å². The SMILES string of the molecule is CCN(CC)C(=O)Nc1ccc(Oc2cccc(C)c2)cc1. The molecule has 0 aliphatic carbocycles. The molecule has 0 aliphatic rings. The highest BCUT2D eigenvalue weighted by Gasteiger charge is 2.09. The highest BCUT2D eigenvalue weighted by Crippen LogP contribution is 2.23. The summed E-state index contributed by atoms with van der Waals surface area (Å²) in [6.45, 7) is 7.33. The molecule has 2 amide bonds. The van der Waals surface area contributed by atoms with E-state index in [9.17, 15) is 4.79 Å². The molecule has 0 bridgehead atoms. The molecular formula is C18H22N2O2. The van der Waals surface area contributed by atoms with E-state index in [0.29, 0.717) is 13.1 Å². The number of aryl methyl sites for hydroxylation is 1. The average Bonchev–Trinajstić information content (AvgIpc) is 2.50. The zero-order valence-electron chi connectivity index (χ0n) is 13.3. The summed E-state index contributed by atoms with van der Waals surface area (Å²) in [5.41, 5.74) is 1.91. The lowest BCUT2D eigenvalue weighted by atomic mass is 10.2. The molecule has 2 aromatic carbocycles. The Labute approximate surface area is 131 Å². The molecule has 0 unspecified atom stereocenters. The Morgan fingerprint density at radius 2 is 1.73 bits per heavy atom. The number of carbonyl (C=O) groups is 1. The predicted molar refractivity (Wildman–Crippen MR) is 89.6 cm³/mol. The molecule has 0 atom stereocenters. The number of amides is 2. The van der Waals surface area contributed by atoms with Crippen molar-refractivity contribution < 1.29 is 9.53 Å². The normalized spacial score (nSPS) is 10.1. The van der Waals surface area contributed by atoms with Gasteiger partial charge in [0.15, 0.2) is 0 Å². The van der Waals surface area contributed by atoms with Gasteiger partial charge < -0.3 is 15.0 Å². The van der Waals surface area contributed by atoms with E-state index in [0.717, 1.165) is 22.7 Å². The molecule has 2 aromatic rings. The Morgan fingerprint density at radius 1 is 1.05 bits per heavy atom. The first-order chi connectivity index (χ1) is 10.6. The molecule has 0 aromatic heterocycles. The van der Waals surface area contributed by atoms with Crippen LogP contribution in [0.3, 0.4) is 0 Å². The van der Waals surface area contributed by atoms with Crippen molar-refractivity contribution in [2.75, 3.05) is 18.4 Å². The van der Waals surface area contributed by atoms with Crippen LogP contribution in [0.5, 0.6) is 11.5 Å². The summed E-state index contributed by atoms with van der Waals surface area (Å²) < 4.78 is 5.79. The van der Waals surface area contributed by atoms with E-state index in [1.807, 2.05) is 69.3 Å². The van der Waals surface area contributed by atoms with Crippen molar-refractivity contribution in [2.45, 2.75) is 20.8 Å². The van der Waals surface area contributed by atoms with Crippen LogP contribution in [-0.2, 0) is 0 Å². The van der Waals surface area contributed by atoms with Crippen LogP contribution in [0.15, 0.2) is 48.5 Å². The van der Waals surface area contributed by atoms with Crippen LogP contribution in [0.25, 0.3) is 0 Å². The van der Waals surface area contributed by atoms with Gasteiger partial charge in [-0.1, -0.05) is 12.1 Å². The summed E-state index contributed by atoms with van der Waals surface area (Å²) >= 11 is 0. The maximum atomic E-state index is 12.0. The molecule has 1 N–H and O–H groups in total. The van der Waals surface area contributed by atoms with E-state index in [4.69, 9.17) is 4.74 Å². The standard InChI is InChI=1S/C18H22N2O2/c1-4-20(5-2)18(21)19-15-9-11-16(12-10-15)22-17-8-6-7-14(3)13-17/h6-13H,4-5H2,1-3H3,(H,19,21). The van der Waals surface area contributed by atoms with Crippen molar-refractivity contribution in [1.29, 1.82) is 0 Å². The molecule has 0 fully saturated rings. The summed E-state index contributed by atoms with van der Waals surface area (Å²) in [6.07, 6.45) is 0. The van der Waals surface area contributed by atoms with Crippen LogP contribution in [-0.4, -0.2) is 24.0 Å². The minimum absolute atomic E-state index is 0.0858. The third-order valence-corrected chi connectivity index (χ3v) is 3.38. The first-order valence-electron chi connectivity index (χ1n) is 7.53. The minimum Gasteiger partial charge on any atom is -0.457 e. The average molecular weight is 298 g/mol. The van der Waals surface area contributed by atoms with Crippen molar-refractivity contribution in [1.82, 2.24) is 4.90 Å². The van der Waals surface area contributed by atoms with Gasteiger partial charge in [-0.25, -0.2) is 4.79 Å². The van der Waals surface area contributed by atoms with Gasteiger partial charge in [0.25, 0.3) is 0 Å². The van der Waals surface area contributed by atoms with Crippen molar-refractivity contribution in [3.05, 3.63) is 54.1 Å². The first-order valence-corrected chi connectivity index (χ1v) is 7.53. The second-order valence-electron chi connectivity index (χ2n) is 5.05. The zero-order valence-corrected chi connectivity index (χ0v) is 13.3.